The van der Waals surface area contributed by atoms with E-state index in [1.54, 1.807) is 12.4 Å². The summed E-state index contributed by atoms with van der Waals surface area (Å²) in [7, 11) is 0. The van der Waals surface area contributed by atoms with Gasteiger partial charge < -0.3 is 10.6 Å². The zero-order valence-corrected chi connectivity index (χ0v) is 12.7. The van der Waals surface area contributed by atoms with E-state index < -0.39 is 0 Å². The van der Waals surface area contributed by atoms with Crippen molar-refractivity contribution in [3.05, 3.63) is 66.0 Å². The number of carbonyl (C=O) groups excluding carboxylic acids is 2. The molecule has 0 saturated heterocycles. The first kappa shape index (κ1) is 15.2. The largest absolute Gasteiger partial charge is 0.352 e. The van der Waals surface area contributed by atoms with Crippen LogP contribution in [0, 0.1) is 11.8 Å². The molecule has 1 aliphatic rings. The van der Waals surface area contributed by atoms with Gasteiger partial charge in [-0.3, -0.25) is 14.6 Å². The van der Waals surface area contributed by atoms with E-state index in [1.807, 2.05) is 42.5 Å². The molecule has 118 valence electrons. The van der Waals surface area contributed by atoms with Crippen LogP contribution in [0.2, 0.25) is 0 Å². The number of hydrogen-bond acceptors (Lipinski definition) is 3. The molecule has 1 aromatic heterocycles. The number of nitrogens with one attached hydrogen (secondary N) is 2. The van der Waals surface area contributed by atoms with Crippen molar-refractivity contribution in [2.24, 2.45) is 11.8 Å². The average molecular weight is 309 g/mol. The number of benzene rings is 1. The van der Waals surface area contributed by atoms with E-state index >= 15 is 0 Å². The maximum atomic E-state index is 12.1. The molecule has 2 aromatic rings. The van der Waals surface area contributed by atoms with E-state index in [-0.39, 0.29) is 23.7 Å². The molecule has 0 spiro atoms. The minimum Gasteiger partial charge on any atom is -0.352 e. The van der Waals surface area contributed by atoms with Gasteiger partial charge >= 0.3 is 0 Å². The number of rotatable bonds is 6. The van der Waals surface area contributed by atoms with Crippen LogP contribution in [0.3, 0.4) is 0 Å². The third kappa shape index (κ3) is 4.16. The first-order valence-electron chi connectivity index (χ1n) is 7.72. The fourth-order valence-electron chi connectivity index (χ4n) is 2.51. The second-order valence-corrected chi connectivity index (χ2v) is 5.73. The highest BCUT2D eigenvalue weighted by Gasteiger charge is 2.47. The van der Waals surface area contributed by atoms with Crippen LogP contribution in [0.5, 0.6) is 0 Å². The Labute approximate surface area is 135 Å². The van der Waals surface area contributed by atoms with Crippen LogP contribution in [-0.2, 0) is 22.7 Å². The molecule has 23 heavy (non-hydrogen) atoms. The first-order chi connectivity index (χ1) is 11.2. The lowest BCUT2D eigenvalue weighted by Crippen LogP contribution is -2.29. The van der Waals surface area contributed by atoms with E-state index in [9.17, 15) is 9.59 Å². The van der Waals surface area contributed by atoms with Gasteiger partial charge in [-0.1, -0.05) is 36.4 Å². The van der Waals surface area contributed by atoms with Gasteiger partial charge in [0.05, 0.1) is 11.8 Å². The molecule has 1 heterocycles. The summed E-state index contributed by atoms with van der Waals surface area (Å²) in [5.41, 5.74) is 2.01. The standard InChI is InChI=1S/C18H19N3O2/c22-17(20-11-13-5-2-1-3-6-13)15-9-16(15)18(23)21-12-14-7-4-8-19-10-14/h1-8,10,15-16H,9,11-12H2,(H,20,22)(H,21,23). The van der Waals surface area contributed by atoms with Crippen LogP contribution >= 0.6 is 0 Å². The summed E-state index contributed by atoms with van der Waals surface area (Å²) in [6.45, 7) is 0.946. The normalized spacial score (nSPS) is 19.0. The van der Waals surface area contributed by atoms with Crippen molar-refractivity contribution >= 4 is 11.8 Å². The van der Waals surface area contributed by atoms with Crippen LogP contribution in [0.25, 0.3) is 0 Å². The molecule has 1 aromatic carbocycles. The third-order valence-corrected chi connectivity index (χ3v) is 3.96. The highest BCUT2D eigenvalue weighted by Crippen LogP contribution is 2.38. The van der Waals surface area contributed by atoms with Crippen LogP contribution in [-0.4, -0.2) is 16.8 Å². The Morgan fingerprint density at radius 2 is 1.52 bits per heavy atom. The summed E-state index contributed by atoms with van der Waals surface area (Å²) in [4.78, 5) is 28.1. The van der Waals surface area contributed by atoms with Crippen molar-refractivity contribution in [1.82, 2.24) is 15.6 Å². The van der Waals surface area contributed by atoms with Gasteiger partial charge in [0.25, 0.3) is 0 Å². The Kier molecular flexibility index (Phi) is 4.66. The lowest BCUT2D eigenvalue weighted by Gasteiger charge is -2.06. The van der Waals surface area contributed by atoms with Gasteiger partial charge in [0.15, 0.2) is 0 Å². The lowest BCUT2D eigenvalue weighted by molar-refractivity contribution is -0.127. The lowest BCUT2D eigenvalue weighted by atomic mass is 10.2. The number of nitrogens with zero attached hydrogens (tertiary/aromatic N) is 1. The van der Waals surface area contributed by atoms with Crippen molar-refractivity contribution in [2.45, 2.75) is 19.5 Å². The van der Waals surface area contributed by atoms with Crippen molar-refractivity contribution in [2.75, 3.05) is 0 Å². The summed E-state index contributed by atoms with van der Waals surface area (Å²) in [5, 5.41) is 5.75. The van der Waals surface area contributed by atoms with Crippen LogP contribution < -0.4 is 10.6 Å². The zero-order valence-electron chi connectivity index (χ0n) is 12.7. The maximum absolute atomic E-state index is 12.1. The molecule has 1 aliphatic carbocycles. The minimum atomic E-state index is -0.206. The molecule has 5 heteroatoms. The second-order valence-electron chi connectivity index (χ2n) is 5.73. The average Bonchev–Trinajstić information content (AvgIpc) is 3.40. The minimum absolute atomic E-state index is 0.0459. The molecule has 2 atom stereocenters. The molecule has 2 unspecified atom stereocenters. The highest BCUT2D eigenvalue weighted by atomic mass is 16.2. The Bertz CT molecular complexity index is 614. The molecule has 1 fully saturated rings. The Balaban J connectivity index is 1.41. The number of carbonyl (C=O) groups is 2. The van der Waals surface area contributed by atoms with Gasteiger partial charge in [-0.15, -0.1) is 0 Å². The predicted molar refractivity (Wildman–Crippen MR) is 86.0 cm³/mol. The second kappa shape index (κ2) is 7.05. The van der Waals surface area contributed by atoms with Gasteiger partial charge in [0.1, 0.15) is 0 Å². The monoisotopic (exact) mass is 309 g/mol. The number of pyridine rings is 1. The predicted octanol–water partition coefficient (Wildman–Crippen LogP) is 1.65. The van der Waals surface area contributed by atoms with E-state index in [4.69, 9.17) is 0 Å². The van der Waals surface area contributed by atoms with Crippen molar-refractivity contribution < 1.29 is 9.59 Å². The van der Waals surface area contributed by atoms with Gasteiger partial charge in [-0.05, 0) is 23.6 Å². The fraction of sp³-hybridized carbons (Fsp3) is 0.278. The summed E-state index contributed by atoms with van der Waals surface area (Å²) in [6.07, 6.45) is 4.04. The van der Waals surface area contributed by atoms with Crippen LogP contribution in [0.1, 0.15) is 17.5 Å². The Morgan fingerprint density at radius 3 is 2.13 bits per heavy atom. The van der Waals surface area contributed by atoms with Crippen LogP contribution in [0.4, 0.5) is 0 Å². The van der Waals surface area contributed by atoms with Gasteiger partial charge in [-0.25, -0.2) is 0 Å². The highest BCUT2D eigenvalue weighted by molar-refractivity contribution is 5.92. The van der Waals surface area contributed by atoms with Gasteiger partial charge in [-0.2, -0.15) is 0 Å². The first-order valence-corrected chi connectivity index (χ1v) is 7.72. The molecular formula is C18H19N3O2. The summed E-state index contributed by atoms with van der Waals surface area (Å²) in [6, 6.07) is 13.5. The van der Waals surface area contributed by atoms with E-state index in [2.05, 4.69) is 15.6 Å². The molecule has 2 N–H and O–H groups in total. The van der Waals surface area contributed by atoms with Crippen molar-refractivity contribution in [3.8, 4) is 0 Å². The molecular weight excluding hydrogens is 290 g/mol. The Morgan fingerprint density at radius 1 is 0.913 bits per heavy atom. The van der Waals surface area contributed by atoms with Crippen molar-refractivity contribution in [1.29, 1.82) is 0 Å². The van der Waals surface area contributed by atoms with E-state index in [1.165, 1.54) is 0 Å². The molecule has 2 amide bonds. The molecule has 5 nitrogen and oxygen atoms in total. The molecule has 0 bridgehead atoms. The number of hydrogen-bond donors (Lipinski definition) is 2. The third-order valence-electron chi connectivity index (χ3n) is 3.96. The van der Waals surface area contributed by atoms with E-state index in [0.717, 1.165) is 11.1 Å². The van der Waals surface area contributed by atoms with Gasteiger partial charge in [0, 0.05) is 25.5 Å². The Hall–Kier alpha value is -2.69. The maximum Gasteiger partial charge on any atom is 0.224 e. The van der Waals surface area contributed by atoms with E-state index in [0.29, 0.717) is 19.5 Å². The van der Waals surface area contributed by atoms with Gasteiger partial charge in [0.2, 0.25) is 11.8 Å². The van der Waals surface area contributed by atoms with Crippen molar-refractivity contribution in [3.63, 3.8) is 0 Å². The molecule has 1 saturated carbocycles. The summed E-state index contributed by atoms with van der Waals surface area (Å²) < 4.78 is 0. The molecule has 0 radical (unpaired) electrons. The topological polar surface area (TPSA) is 71.1 Å². The van der Waals surface area contributed by atoms with Crippen LogP contribution in [0.15, 0.2) is 54.9 Å². The molecule has 3 rings (SSSR count). The fourth-order valence-corrected chi connectivity index (χ4v) is 2.51. The number of aromatic nitrogens is 1. The SMILES string of the molecule is O=C(NCc1ccccc1)C1CC1C(=O)NCc1cccnc1. The zero-order chi connectivity index (χ0) is 16.1. The summed E-state index contributed by atoms with van der Waals surface area (Å²) in [5.74, 6) is -0.515. The quantitative estimate of drug-likeness (QED) is 0.852. The number of amides is 2. The smallest absolute Gasteiger partial charge is 0.224 e. The molecule has 0 aliphatic heterocycles. The summed E-state index contributed by atoms with van der Waals surface area (Å²) >= 11 is 0.